The number of benzene rings is 2. The van der Waals surface area contributed by atoms with E-state index >= 15 is 0 Å². The lowest BCUT2D eigenvalue weighted by Gasteiger charge is -2.10. The minimum absolute atomic E-state index is 0.0366. The molecule has 122 valence electrons. The average molecular weight is 324 g/mol. The zero-order chi connectivity index (χ0) is 16.9. The molecule has 1 heterocycles. The maximum absolute atomic E-state index is 11.4. The van der Waals surface area contributed by atoms with E-state index in [1.54, 1.807) is 18.2 Å². The quantitative estimate of drug-likeness (QED) is 0.646. The highest BCUT2D eigenvalue weighted by Crippen LogP contribution is 2.29. The summed E-state index contributed by atoms with van der Waals surface area (Å²) >= 11 is 0. The first-order valence-corrected chi connectivity index (χ1v) is 7.37. The zero-order valence-electron chi connectivity index (χ0n) is 13.4. The van der Waals surface area contributed by atoms with Crippen LogP contribution in [0.25, 0.3) is 11.5 Å². The lowest BCUT2D eigenvalue weighted by Crippen LogP contribution is -2.01. The Bertz CT molecular complexity index is 843. The number of carbonyl (C=O) groups is 1. The molecule has 2 aromatic carbocycles. The predicted molar refractivity (Wildman–Crippen MR) is 87.1 cm³/mol. The number of ether oxygens (including phenoxy) is 2. The van der Waals surface area contributed by atoms with E-state index in [0.717, 1.165) is 5.56 Å². The summed E-state index contributed by atoms with van der Waals surface area (Å²) in [6.45, 7) is 1.63. The minimum atomic E-state index is -0.0366. The van der Waals surface area contributed by atoms with E-state index in [2.05, 4.69) is 10.1 Å². The molecule has 3 aromatic rings. The summed E-state index contributed by atoms with van der Waals surface area (Å²) in [5.41, 5.74) is 1.41. The summed E-state index contributed by atoms with van der Waals surface area (Å²) in [5.74, 6) is 1.81. The van der Waals surface area contributed by atoms with Gasteiger partial charge in [-0.05, 0) is 37.3 Å². The summed E-state index contributed by atoms with van der Waals surface area (Å²) in [6.07, 6.45) is 0. The highest BCUT2D eigenvalue weighted by molar-refractivity contribution is 5.94. The highest BCUT2D eigenvalue weighted by atomic mass is 16.5. The van der Waals surface area contributed by atoms with Gasteiger partial charge in [-0.25, -0.2) is 0 Å². The molecular weight excluding hydrogens is 308 g/mol. The van der Waals surface area contributed by atoms with Crippen molar-refractivity contribution >= 4 is 5.78 Å². The molecule has 0 amide bonds. The van der Waals surface area contributed by atoms with E-state index in [9.17, 15) is 4.79 Å². The number of carbonyl (C=O) groups excluding carboxylic acids is 1. The van der Waals surface area contributed by atoms with Crippen LogP contribution in [0.3, 0.4) is 0 Å². The van der Waals surface area contributed by atoms with Crippen molar-refractivity contribution in [3.05, 3.63) is 59.9 Å². The molecule has 0 aliphatic rings. The Morgan fingerprint density at radius 1 is 1.12 bits per heavy atom. The molecule has 0 bridgehead atoms. The molecule has 3 rings (SSSR count). The second kappa shape index (κ2) is 6.95. The zero-order valence-corrected chi connectivity index (χ0v) is 13.4. The maximum Gasteiger partial charge on any atom is 0.258 e. The van der Waals surface area contributed by atoms with Gasteiger partial charge in [0.1, 0.15) is 0 Å². The molecule has 0 unspecified atom stereocenters. The molecule has 6 heteroatoms. The molecule has 0 aliphatic heterocycles. The number of aromatic nitrogens is 2. The summed E-state index contributed by atoms with van der Waals surface area (Å²) in [4.78, 5) is 15.7. The summed E-state index contributed by atoms with van der Waals surface area (Å²) in [6, 6.07) is 14.5. The first kappa shape index (κ1) is 15.7. The molecule has 0 fully saturated rings. The molecule has 0 spiro atoms. The van der Waals surface area contributed by atoms with Crippen molar-refractivity contribution in [1.82, 2.24) is 10.1 Å². The maximum atomic E-state index is 11.4. The lowest BCUT2D eigenvalue weighted by molar-refractivity contribution is 0.101. The van der Waals surface area contributed by atoms with Gasteiger partial charge in [0.05, 0.1) is 7.11 Å². The van der Waals surface area contributed by atoms with E-state index in [1.165, 1.54) is 14.0 Å². The third-order valence-corrected chi connectivity index (χ3v) is 3.42. The standard InChI is InChI=1S/C18H16N2O4/c1-12(21)14-8-9-15(16(10-14)22-2)23-11-17-19-18(24-20-17)13-6-4-3-5-7-13/h3-10H,11H2,1-2H3. The number of rotatable bonds is 6. The summed E-state index contributed by atoms with van der Waals surface area (Å²) in [7, 11) is 1.52. The Morgan fingerprint density at radius 2 is 1.92 bits per heavy atom. The van der Waals surface area contributed by atoms with E-state index in [0.29, 0.717) is 28.8 Å². The molecule has 0 aliphatic carbocycles. The topological polar surface area (TPSA) is 74.5 Å². The van der Waals surface area contributed by atoms with E-state index in [-0.39, 0.29) is 12.4 Å². The Kier molecular flexibility index (Phi) is 4.56. The van der Waals surface area contributed by atoms with Crippen molar-refractivity contribution in [2.24, 2.45) is 0 Å². The van der Waals surface area contributed by atoms with Crippen LogP contribution in [0.1, 0.15) is 23.1 Å². The van der Waals surface area contributed by atoms with Crippen molar-refractivity contribution in [3.8, 4) is 23.0 Å². The second-order valence-electron chi connectivity index (χ2n) is 5.09. The highest BCUT2D eigenvalue weighted by Gasteiger charge is 2.12. The fraction of sp³-hybridized carbons (Fsp3) is 0.167. The Labute approximate surface area is 139 Å². The van der Waals surface area contributed by atoms with Gasteiger partial charge in [-0.15, -0.1) is 0 Å². The van der Waals surface area contributed by atoms with Gasteiger partial charge in [0, 0.05) is 11.1 Å². The van der Waals surface area contributed by atoms with Crippen LogP contribution >= 0.6 is 0 Å². The van der Waals surface area contributed by atoms with E-state index < -0.39 is 0 Å². The molecule has 6 nitrogen and oxygen atoms in total. The van der Waals surface area contributed by atoms with E-state index in [1.807, 2.05) is 30.3 Å². The van der Waals surface area contributed by atoms with Crippen molar-refractivity contribution in [2.75, 3.05) is 7.11 Å². The van der Waals surface area contributed by atoms with Crippen LogP contribution in [-0.4, -0.2) is 23.0 Å². The molecule has 1 aromatic heterocycles. The van der Waals surface area contributed by atoms with Gasteiger partial charge >= 0.3 is 0 Å². The number of ketones is 1. The van der Waals surface area contributed by atoms with Gasteiger partial charge < -0.3 is 14.0 Å². The van der Waals surface area contributed by atoms with Crippen molar-refractivity contribution in [3.63, 3.8) is 0 Å². The van der Waals surface area contributed by atoms with Gasteiger partial charge in [0.2, 0.25) is 5.82 Å². The molecular formula is C18H16N2O4. The normalized spacial score (nSPS) is 10.4. The molecule has 0 saturated carbocycles. The van der Waals surface area contributed by atoms with Gasteiger partial charge in [0.15, 0.2) is 23.9 Å². The Hall–Kier alpha value is -3.15. The number of hydrogen-bond acceptors (Lipinski definition) is 6. The van der Waals surface area contributed by atoms with Gasteiger partial charge in [-0.2, -0.15) is 4.98 Å². The Balaban J connectivity index is 1.72. The lowest BCUT2D eigenvalue weighted by atomic mass is 10.1. The molecule has 0 atom stereocenters. The van der Waals surface area contributed by atoms with Crippen molar-refractivity contribution in [1.29, 1.82) is 0 Å². The minimum Gasteiger partial charge on any atom is -0.493 e. The second-order valence-corrected chi connectivity index (χ2v) is 5.09. The van der Waals surface area contributed by atoms with Crippen LogP contribution in [0.4, 0.5) is 0 Å². The third-order valence-electron chi connectivity index (χ3n) is 3.42. The van der Waals surface area contributed by atoms with Gasteiger partial charge in [-0.3, -0.25) is 4.79 Å². The SMILES string of the molecule is COc1cc(C(C)=O)ccc1OCc1noc(-c2ccccc2)n1. The first-order valence-electron chi connectivity index (χ1n) is 7.37. The number of methoxy groups -OCH3 is 1. The smallest absolute Gasteiger partial charge is 0.258 e. The average Bonchev–Trinajstić information content (AvgIpc) is 3.09. The third kappa shape index (κ3) is 3.43. The first-order chi connectivity index (χ1) is 11.7. The largest absolute Gasteiger partial charge is 0.493 e. The van der Waals surface area contributed by atoms with Crippen LogP contribution in [0.2, 0.25) is 0 Å². The Morgan fingerprint density at radius 3 is 2.62 bits per heavy atom. The van der Waals surface area contributed by atoms with Crippen LogP contribution < -0.4 is 9.47 Å². The summed E-state index contributed by atoms with van der Waals surface area (Å²) in [5, 5.41) is 3.90. The molecule has 0 N–H and O–H groups in total. The van der Waals surface area contributed by atoms with Crippen LogP contribution in [0.15, 0.2) is 53.1 Å². The fourth-order valence-electron chi connectivity index (χ4n) is 2.16. The monoisotopic (exact) mass is 324 g/mol. The van der Waals surface area contributed by atoms with Gasteiger partial charge in [-0.1, -0.05) is 23.4 Å². The molecule has 0 saturated heterocycles. The van der Waals surface area contributed by atoms with Crippen molar-refractivity contribution in [2.45, 2.75) is 13.5 Å². The predicted octanol–water partition coefficient (Wildman–Crippen LogP) is 3.53. The molecule has 0 radical (unpaired) electrons. The van der Waals surface area contributed by atoms with Crippen LogP contribution in [0, 0.1) is 0 Å². The summed E-state index contributed by atoms with van der Waals surface area (Å²) < 4.78 is 16.2. The van der Waals surface area contributed by atoms with Gasteiger partial charge in [0.25, 0.3) is 5.89 Å². The van der Waals surface area contributed by atoms with Crippen LogP contribution in [-0.2, 0) is 6.61 Å². The number of nitrogens with zero attached hydrogens (tertiary/aromatic N) is 2. The van der Waals surface area contributed by atoms with Crippen LogP contribution in [0.5, 0.6) is 11.5 Å². The van der Waals surface area contributed by atoms with Crippen molar-refractivity contribution < 1.29 is 18.8 Å². The number of Topliss-reactive ketones (excluding diaryl/α,β-unsaturated/α-hetero) is 1. The number of hydrogen-bond donors (Lipinski definition) is 0. The fourth-order valence-corrected chi connectivity index (χ4v) is 2.16. The molecule has 24 heavy (non-hydrogen) atoms. The van der Waals surface area contributed by atoms with E-state index in [4.69, 9.17) is 14.0 Å².